The second-order valence-corrected chi connectivity index (χ2v) is 4.20. The zero-order valence-electron chi connectivity index (χ0n) is 10.4. The number of amides is 1. The Bertz CT molecular complexity index is 484. The highest BCUT2D eigenvalue weighted by atomic mass is 16.5. The molecule has 1 unspecified atom stereocenters. The molecule has 0 bridgehead atoms. The van der Waals surface area contributed by atoms with E-state index in [2.05, 4.69) is 5.32 Å². The molecule has 0 saturated carbocycles. The van der Waals surface area contributed by atoms with E-state index in [1.54, 1.807) is 13.2 Å². The first kappa shape index (κ1) is 12.4. The Kier molecular flexibility index (Phi) is 3.50. The highest BCUT2D eigenvalue weighted by Crippen LogP contribution is 2.29. The molecule has 1 aromatic rings. The molecule has 0 saturated heterocycles. The maximum Gasteiger partial charge on any atom is 0.309 e. The molecule has 2 rings (SSSR count). The summed E-state index contributed by atoms with van der Waals surface area (Å²) < 4.78 is 9.82. The quantitative estimate of drug-likeness (QED) is 0.804. The van der Waals surface area contributed by atoms with E-state index in [4.69, 9.17) is 9.47 Å². The van der Waals surface area contributed by atoms with E-state index >= 15 is 0 Å². The van der Waals surface area contributed by atoms with Crippen LogP contribution in [0.4, 0.5) is 5.69 Å². The van der Waals surface area contributed by atoms with Gasteiger partial charge in [0.25, 0.3) is 0 Å². The number of esters is 1. The first-order valence-electron chi connectivity index (χ1n) is 5.68. The summed E-state index contributed by atoms with van der Waals surface area (Å²) in [5.41, 5.74) is 1.61. The fourth-order valence-electron chi connectivity index (χ4n) is 2.07. The summed E-state index contributed by atoms with van der Waals surface area (Å²) in [6.45, 7) is 0. The fourth-order valence-corrected chi connectivity index (χ4v) is 2.07. The summed E-state index contributed by atoms with van der Waals surface area (Å²) >= 11 is 0. The molecule has 5 nitrogen and oxygen atoms in total. The fraction of sp³-hybridized carbons (Fsp3) is 0.385. The number of methoxy groups -OCH3 is 2. The largest absolute Gasteiger partial charge is 0.497 e. The summed E-state index contributed by atoms with van der Waals surface area (Å²) in [4.78, 5) is 23.3. The lowest BCUT2D eigenvalue weighted by molar-refractivity contribution is -0.146. The molecular weight excluding hydrogens is 234 g/mol. The maximum absolute atomic E-state index is 11.7. The van der Waals surface area contributed by atoms with Crippen molar-refractivity contribution in [3.05, 3.63) is 23.8 Å². The minimum atomic E-state index is -0.426. The van der Waals surface area contributed by atoms with E-state index in [-0.39, 0.29) is 18.3 Å². The van der Waals surface area contributed by atoms with Crippen LogP contribution >= 0.6 is 0 Å². The molecule has 1 atom stereocenters. The van der Waals surface area contributed by atoms with Crippen LogP contribution in [0.1, 0.15) is 12.0 Å². The molecule has 1 aliphatic heterocycles. The average Bonchev–Trinajstić information content (AvgIpc) is 2.54. The Hall–Kier alpha value is -2.04. The maximum atomic E-state index is 11.7. The van der Waals surface area contributed by atoms with Gasteiger partial charge < -0.3 is 14.8 Å². The van der Waals surface area contributed by atoms with Crippen molar-refractivity contribution in [3.63, 3.8) is 0 Å². The Balaban J connectivity index is 2.32. The Morgan fingerprint density at radius 1 is 1.33 bits per heavy atom. The zero-order chi connectivity index (χ0) is 13.1. The number of ether oxygens (including phenoxy) is 2. The molecule has 1 aliphatic rings. The molecule has 5 heteroatoms. The normalized spacial score (nSPS) is 18.3. The number of anilines is 1. The van der Waals surface area contributed by atoms with Crippen molar-refractivity contribution in [3.8, 4) is 5.75 Å². The molecule has 0 aromatic heterocycles. The zero-order valence-corrected chi connectivity index (χ0v) is 10.4. The van der Waals surface area contributed by atoms with Crippen LogP contribution in [0.2, 0.25) is 0 Å². The second kappa shape index (κ2) is 5.08. The summed E-state index contributed by atoms with van der Waals surface area (Å²) in [5, 5.41) is 2.78. The van der Waals surface area contributed by atoms with Gasteiger partial charge in [0.15, 0.2) is 0 Å². The number of hydrogen-bond donors (Lipinski definition) is 1. The molecule has 96 valence electrons. The summed E-state index contributed by atoms with van der Waals surface area (Å²) in [7, 11) is 2.90. The van der Waals surface area contributed by atoms with Gasteiger partial charge in [-0.3, -0.25) is 9.59 Å². The third kappa shape index (κ3) is 2.45. The van der Waals surface area contributed by atoms with Crippen LogP contribution in [-0.4, -0.2) is 26.1 Å². The summed E-state index contributed by atoms with van der Waals surface area (Å²) in [5.74, 6) is -0.290. The lowest BCUT2D eigenvalue weighted by Crippen LogP contribution is -2.22. The van der Waals surface area contributed by atoms with Gasteiger partial charge in [-0.2, -0.15) is 0 Å². The molecule has 0 aliphatic carbocycles. The standard InChI is InChI=1S/C13H15NO4/c1-17-10-4-3-8-5-9(13(16)18-2)6-12(15)14-11(8)7-10/h3-4,7,9H,5-6H2,1-2H3,(H,14,15). The van der Waals surface area contributed by atoms with E-state index in [9.17, 15) is 9.59 Å². The molecule has 1 amide bonds. The second-order valence-electron chi connectivity index (χ2n) is 4.20. The number of hydrogen-bond acceptors (Lipinski definition) is 4. The molecule has 1 heterocycles. The predicted molar refractivity (Wildman–Crippen MR) is 65.5 cm³/mol. The van der Waals surface area contributed by atoms with Crippen LogP contribution in [-0.2, 0) is 20.7 Å². The smallest absolute Gasteiger partial charge is 0.309 e. The van der Waals surface area contributed by atoms with Crippen molar-refractivity contribution >= 4 is 17.6 Å². The van der Waals surface area contributed by atoms with E-state index < -0.39 is 5.92 Å². The highest BCUT2D eigenvalue weighted by Gasteiger charge is 2.27. The Labute approximate surface area is 105 Å². The molecule has 0 spiro atoms. The lowest BCUT2D eigenvalue weighted by Gasteiger charge is -2.11. The Morgan fingerprint density at radius 3 is 2.78 bits per heavy atom. The van der Waals surface area contributed by atoms with Crippen molar-refractivity contribution < 1.29 is 19.1 Å². The minimum absolute atomic E-state index is 0.143. The average molecular weight is 249 g/mol. The van der Waals surface area contributed by atoms with Crippen LogP contribution in [0.25, 0.3) is 0 Å². The van der Waals surface area contributed by atoms with Gasteiger partial charge >= 0.3 is 5.97 Å². The lowest BCUT2D eigenvalue weighted by atomic mass is 9.97. The summed E-state index contributed by atoms with van der Waals surface area (Å²) in [6.07, 6.45) is 0.633. The molecule has 1 N–H and O–H groups in total. The first-order chi connectivity index (χ1) is 8.63. The number of nitrogens with one attached hydrogen (secondary N) is 1. The van der Waals surface area contributed by atoms with Crippen LogP contribution in [0.15, 0.2) is 18.2 Å². The van der Waals surface area contributed by atoms with Gasteiger partial charge in [-0.1, -0.05) is 6.07 Å². The topological polar surface area (TPSA) is 64.6 Å². The molecule has 18 heavy (non-hydrogen) atoms. The van der Waals surface area contributed by atoms with Gasteiger partial charge in [0, 0.05) is 18.2 Å². The molecule has 0 fully saturated rings. The van der Waals surface area contributed by atoms with E-state index in [0.29, 0.717) is 17.9 Å². The van der Waals surface area contributed by atoms with E-state index in [1.165, 1.54) is 7.11 Å². The van der Waals surface area contributed by atoms with Crippen LogP contribution < -0.4 is 10.1 Å². The number of benzene rings is 1. The third-order valence-corrected chi connectivity index (χ3v) is 3.02. The Morgan fingerprint density at radius 2 is 2.11 bits per heavy atom. The predicted octanol–water partition coefficient (Wildman–Crippen LogP) is 1.37. The van der Waals surface area contributed by atoms with Crippen molar-refractivity contribution in [2.45, 2.75) is 12.8 Å². The van der Waals surface area contributed by atoms with Crippen LogP contribution in [0.3, 0.4) is 0 Å². The highest BCUT2D eigenvalue weighted by molar-refractivity contribution is 5.95. The number of rotatable bonds is 2. The van der Waals surface area contributed by atoms with Gasteiger partial charge in [-0.05, 0) is 18.1 Å². The number of fused-ring (bicyclic) bond motifs is 1. The molecule has 1 aromatic carbocycles. The van der Waals surface area contributed by atoms with Crippen molar-refractivity contribution in [2.24, 2.45) is 5.92 Å². The van der Waals surface area contributed by atoms with Crippen molar-refractivity contribution in [1.82, 2.24) is 0 Å². The monoisotopic (exact) mass is 249 g/mol. The van der Waals surface area contributed by atoms with Crippen molar-refractivity contribution in [1.29, 1.82) is 0 Å². The van der Waals surface area contributed by atoms with Crippen LogP contribution in [0.5, 0.6) is 5.75 Å². The van der Waals surface area contributed by atoms with Gasteiger partial charge in [0.2, 0.25) is 5.91 Å². The first-order valence-corrected chi connectivity index (χ1v) is 5.68. The van der Waals surface area contributed by atoms with Gasteiger partial charge in [0.05, 0.1) is 20.1 Å². The van der Waals surface area contributed by atoms with Crippen molar-refractivity contribution in [2.75, 3.05) is 19.5 Å². The minimum Gasteiger partial charge on any atom is -0.497 e. The third-order valence-electron chi connectivity index (χ3n) is 3.02. The number of carbonyl (C=O) groups is 2. The molecule has 0 radical (unpaired) electrons. The van der Waals surface area contributed by atoms with E-state index in [1.807, 2.05) is 12.1 Å². The van der Waals surface area contributed by atoms with E-state index in [0.717, 1.165) is 5.56 Å². The number of carbonyl (C=O) groups excluding carboxylic acids is 2. The van der Waals surface area contributed by atoms with Gasteiger partial charge in [-0.15, -0.1) is 0 Å². The molecular formula is C13H15NO4. The van der Waals surface area contributed by atoms with Crippen LogP contribution in [0, 0.1) is 5.92 Å². The summed E-state index contributed by atoms with van der Waals surface area (Å²) in [6, 6.07) is 5.42. The van der Waals surface area contributed by atoms with Gasteiger partial charge in [-0.25, -0.2) is 0 Å². The SMILES string of the molecule is COC(=O)C1CC(=O)Nc2cc(OC)ccc2C1. The van der Waals surface area contributed by atoms with Gasteiger partial charge in [0.1, 0.15) is 5.75 Å².